The molecule has 0 aliphatic heterocycles. The molecule has 0 radical (unpaired) electrons. The van der Waals surface area contributed by atoms with E-state index in [0.717, 1.165) is 12.8 Å². The molecule has 1 aromatic carbocycles. The minimum atomic E-state index is -3.57. The monoisotopic (exact) mass is 375 g/mol. The Kier molecular flexibility index (Phi) is 5.46. The van der Waals surface area contributed by atoms with Crippen LogP contribution < -0.4 is 4.72 Å². The Hall–Kier alpha value is -0.430. The van der Waals surface area contributed by atoms with Crippen LogP contribution in [0.5, 0.6) is 0 Å². The Balaban J connectivity index is 2.27. The Morgan fingerprint density at radius 1 is 1.43 bits per heavy atom. The molecule has 1 aliphatic rings. The van der Waals surface area contributed by atoms with Gasteiger partial charge in [-0.15, -0.1) is 0 Å². The molecule has 1 atom stereocenters. The molecule has 4 nitrogen and oxygen atoms in total. The van der Waals surface area contributed by atoms with Gasteiger partial charge in [-0.3, -0.25) is 0 Å². The minimum Gasteiger partial charge on any atom is -0.392 e. The van der Waals surface area contributed by atoms with E-state index >= 15 is 0 Å². The molecule has 1 saturated carbocycles. The van der Waals surface area contributed by atoms with Crippen molar-refractivity contribution >= 4 is 26.0 Å². The second kappa shape index (κ2) is 6.77. The van der Waals surface area contributed by atoms with Crippen LogP contribution in [0, 0.1) is 12.8 Å². The molecule has 118 valence electrons. The Morgan fingerprint density at radius 3 is 2.62 bits per heavy atom. The number of aliphatic hydroxyl groups excluding tert-OH is 1. The highest BCUT2D eigenvalue weighted by Crippen LogP contribution is 2.34. The summed E-state index contributed by atoms with van der Waals surface area (Å²) in [6, 6.07) is 3.28. The zero-order valence-corrected chi connectivity index (χ0v) is 14.8. The molecule has 1 unspecified atom stereocenters. The highest BCUT2D eigenvalue weighted by molar-refractivity contribution is 9.10. The Morgan fingerprint density at radius 2 is 2.10 bits per heavy atom. The van der Waals surface area contributed by atoms with Crippen LogP contribution in [0.25, 0.3) is 0 Å². The Labute approximate surface area is 135 Å². The third-order valence-electron chi connectivity index (χ3n) is 3.96. The van der Waals surface area contributed by atoms with Gasteiger partial charge in [0.1, 0.15) is 0 Å². The van der Waals surface area contributed by atoms with E-state index in [-0.39, 0.29) is 17.5 Å². The summed E-state index contributed by atoms with van der Waals surface area (Å²) in [5, 5.41) is 9.26. The topological polar surface area (TPSA) is 66.4 Å². The van der Waals surface area contributed by atoms with E-state index in [2.05, 4.69) is 20.7 Å². The van der Waals surface area contributed by atoms with Gasteiger partial charge >= 0.3 is 0 Å². The van der Waals surface area contributed by atoms with Crippen LogP contribution in [-0.4, -0.2) is 19.6 Å². The fourth-order valence-electron chi connectivity index (χ4n) is 2.41. The van der Waals surface area contributed by atoms with E-state index in [1.165, 1.54) is 12.8 Å². The fraction of sp³-hybridized carbons (Fsp3) is 0.600. The molecule has 1 aliphatic carbocycles. The quantitative estimate of drug-likeness (QED) is 0.769. The first-order valence-electron chi connectivity index (χ1n) is 7.29. The highest BCUT2D eigenvalue weighted by atomic mass is 79.9. The second-order valence-corrected chi connectivity index (χ2v) is 8.30. The van der Waals surface area contributed by atoms with E-state index in [0.29, 0.717) is 21.5 Å². The number of halogens is 1. The van der Waals surface area contributed by atoms with Gasteiger partial charge < -0.3 is 5.11 Å². The molecule has 2 N–H and O–H groups in total. The summed E-state index contributed by atoms with van der Waals surface area (Å²) in [5.74, 6) is 0.675. The lowest BCUT2D eigenvalue weighted by atomic mass is 10.1. The van der Waals surface area contributed by atoms with Crippen molar-refractivity contribution in [3.8, 4) is 0 Å². The third kappa shape index (κ3) is 4.28. The number of sulfonamides is 1. The van der Waals surface area contributed by atoms with Gasteiger partial charge in [-0.05, 0) is 48.9 Å². The highest BCUT2D eigenvalue weighted by Gasteiger charge is 2.28. The van der Waals surface area contributed by atoms with Crippen LogP contribution >= 0.6 is 15.9 Å². The molecule has 21 heavy (non-hydrogen) atoms. The third-order valence-corrected chi connectivity index (χ3v) is 6.43. The van der Waals surface area contributed by atoms with Crippen LogP contribution in [0.2, 0.25) is 0 Å². The number of nitrogens with one attached hydrogen (secondary N) is 1. The van der Waals surface area contributed by atoms with E-state index in [1.54, 1.807) is 19.1 Å². The lowest BCUT2D eigenvalue weighted by Crippen LogP contribution is -2.35. The normalized spacial score (nSPS) is 17.0. The molecule has 0 amide bonds. The molecule has 0 spiro atoms. The van der Waals surface area contributed by atoms with Crippen LogP contribution in [0.4, 0.5) is 0 Å². The minimum absolute atomic E-state index is 0.0153. The van der Waals surface area contributed by atoms with E-state index < -0.39 is 10.0 Å². The summed E-state index contributed by atoms with van der Waals surface area (Å²) in [4.78, 5) is 0.246. The van der Waals surface area contributed by atoms with Crippen molar-refractivity contribution in [2.24, 2.45) is 5.92 Å². The molecular weight excluding hydrogens is 354 g/mol. The predicted octanol–water partition coefficient (Wildman–Crippen LogP) is 3.11. The standard InChI is InChI=1S/C15H22BrNO3S/c1-3-13(6-11-4-5-11)17-21(19,20)15-8-12(9-18)7-14(16)10(15)2/h7-8,11,13,17-18H,3-6,9H2,1-2H3. The van der Waals surface area contributed by atoms with Gasteiger partial charge in [-0.2, -0.15) is 0 Å². The molecule has 0 bridgehead atoms. The summed E-state index contributed by atoms with van der Waals surface area (Å²) in [6.45, 7) is 3.59. The van der Waals surface area contributed by atoms with Crippen molar-refractivity contribution in [2.75, 3.05) is 0 Å². The van der Waals surface area contributed by atoms with E-state index in [4.69, 9.17) is 0 Å². The van der Waals surface area contributed by atoms with Crippen molar-refractivity contribution in [1.82, 2.24) is 4.72 Å². The first kappa shape index (κ1) is 16.9. The van der Waals surface area contributed by atoms with Crippen LogP contribution in [-0.2, 0) is 16.6 Å². The maximum Gasteiger partial charge on any atom is 0.241 e. The van der Waals surface area contributed by atoms with Crippen LogP contribution in [0.1, 0.15) is 43.7 Å². The first-order valence-corrected chi connectivity index (χ1v) is 9.57. The van der Waals surface area contributed by atoms with Gasteiger partial charge in [0.25, 0.3) is 0 Å². The summed E-state index contributed by atoms with van der Waals surface area (Å²) in [7, 11) is -3.57. The number of benzene rings is 1. The van der Waals surface area contributed by atoms with E-state index in [1.807, 2.05) is 6.92 Å². The van der Waals surface area contributed by atoms with Crippen LogP contribution in [0.3, 0.4) is 0 Å². The van der Waals surface area contributed by atoms with Crippen LogP contribution in [0.15, 0.2) is 21.5 Å². The molecule has 0 aromatic heterocycles. The van der Waals surface area contributed by atoms with Crippen molar-refractivity contribution in [2.45, 2.75) is 57.1 Å². The van der Waals surface area contributed by atoms with Gasteiger partial charge in [0.15, 0.2) is 0 Å². The molecular formula is C15H22BrNO3S. The summed E-state index contributed by atoms with van der Waals surface area (Å²) >= 11 is 3.36. The zero-order valence-electron chi connectivity index (χ0n) is 12.4. The van der Waals surface area contributed by atoms with Gasteiger partial charge in [0.05, 0.1) is 11.5 Å². The number of hydrogen-bond acceptors (Lipinski definition) is 3. The SMILES string of the molecule is CCC(CC1CC1)NS(=O)(=O)c1cc(CO)cc(Br)c1C. The molecule has 0 saturated heterocycles. The first-order chi connectivity index (χ1) is 9.87. The predicted molar refractivity (Wildman–Crippen MR) is 86.5 cm³/mol. The van der Waals surface area contributed by atoms with Crippen molar-refractivity contribution < 1.29 is 13.5 Å². The number of hydrogen-bond donors (Lipinski definition) is 2. The van der Waals surface area contributed by atoms with Gasteiger partial charge in [0, 0.05) is 10.5 Å². The molecule has 0 heterocycles. The van der Waals surface area contributed by atoms with Gasteiger partial charge in [0.2, 0.25) is 10.0 Å². The lowest BCUT2D eigenvalue weighted by Gasteiger charge is -2.18. The Bertz CT molecular complexity index is 612. The summed E-state index contributed by atoms with van der Waals surface area (Å²) in [5.41, 5.74) is 1.25. The lowest BCUT2D eigenvalue weighted by molar-refractivity contribution is 0.281. The average molecular weight is 376 g/mol. The average Bonchev–Trinajstić information content (AvgIpc) is 3.24. The number of rotatable bonds is 7. The summed E-state index contributed by atoms with van der Waals surface area (Å²) in [6.07, 6.45) is 4.12. The molecule has 1 fully saturated rings. The fourth-order valence-corrected chi connectivity index (χ4v) is 4.70. The molecule has 6 heteroatoms. The molecule has 1 aromatic rings. The van der Waals surface area contributed by atoms with Gasteiger partial charge in [-0.25, -0.2) is 13.1 Å². The maximum absolute atomic E-state index is 12.6. The zero-order chi connectivity index (χ0) is 15.6. The smallest absolute Gasteiger partial charge is 0.241 e. The van der Waals surface area contributed by atoms with Crippen molar-refractivity contribution in [3.63, 3.8) is 0 Å². The summed E-state index contributed by atoms with van der Waals surface area (Å²) < 4.78 is 28.8. The molecule has 2 rings (SSSR count). The second-order valence-electron chi connectivity index (χ2n) is 5.76. The van der Waals surface area contributed by atoms with Crippen molar-refractivity contribution in [3.05, 3.63) is 27.7 Å². The van der Waals surface area contributed by atoms with Crippen molar-refractivity contribution in [1.29, 1.82) is 0 Å². The van der Waals surface area contributed by atoms with Gasteiger partial charge in [-0.1, -0.05) is 35.7 Å². The number of aliphatic hydroxyl groups is 1. The van der Waals surface area contributed by atoms with E-state index in [9.17, 15) is 13.5 Å². The largest absolute Gasteiger partial charge is 0.392 e. The maximum atomic E-state index is 12.6.